The predicted molar refractivity (Wildman–Crippen MR) is 75.8 cm³/mol. The van der Waals surface area contributed by atoms with Crippen LogP contribution < -0.4 is 0 Å². The number of nitro groups is 1. The SMILES string of the molecule is O=[N+]([O-])CC(CCc1ccc(F)cc1)c1ccccc1. The Balaban J connectivity index is 2.04. The third-order valence-corrected chi connectivity index (χ3v) is 3.34. The summed E-state index contributed by atoms with van der Waals surface area (Å²) in [7, 11) is 0. The predicted octanol–water partition coefficient (Wildman–Crippen LogP) is 3.82. The fourth-order valence-electron chi connectivity index (χ4n) is 2.26. The minimum atomic E-state index is -0.275. The zero-order valence-corrected chi connectivity index (χ0v) is 11.0. The third kappa shape index (κ3) is 4.16. The molecule has 0 aliphatic heterocycles. The number of aryl methyl sites for hydroxylation is 1. The molecule has 20 heavy (non-hydrogen) atoms. The van der Waals surface area contributed by atoms with Crippen LogP contribution in [0.5, 0.6) is 0 Å². The van der Waals surface area contributed by atoms with E-state index in [1.54, 1.807) is 12.1 Å². The summed E-state index contributed by atoms with van der Waals surface area (Å²) < 4.78 is 12.8. The van der Waals surface area contributed by atoms with Crippen LogP contribution in [0.25, 0.3) is 0 Å². The second-order valence-electron chi connectivity index (χ2n) is 4.79. The summed E-state index contributed by atoms with van der Waals surface area (Å²) in [5, 5.41) is 10.8. The van der Waals surface area contributed by atoms with Crippen molar-refractivity contribution in [1.29, 1.82) is 0 Å². The Morgan fingerprint density at radius 2 is 1.70 bits per heavy atom. The monoisotopic (exact) mass is 273 g/mol. The van der Waals surface area contributed by atoms with Crippen LogP contribution in [0.15, 0.2) is 54.6 Å². The van der Waals surface area contributed by atoms with Gasteiger partial charge in [-0.2, -0.15) is 0 Å². The Morgan fingerprint density at radius 3 is 2.30 bits per heavy atom. The number of nitrogens with zero attached hydrogens (tertiary/aromatic N) is 1. The molecule has 1 atom stereocenters. The fraction of sp³-hybridized carbons (Fsp3) is 0.250. The van der Waals surface area contributed by atoms with E-state index in [1.807, 2.05) is 30.3 Å². The quantitative estimate of drug-likeness (QED) is 0.593. The van der Waals surface area contributed by atoms with Gasteiger partial charge in [-0.25, -0.2) is 4.39 Å². The molecule has 3 nitrogen and oxygen atoms in total. The van der Waals surface area contributed by atoms with Crippen molar-refractivity contribution in [2.75, 3.05) is 6.54 Å². The van der Waals surface area contributed by atoms with Crippen molar-refractivity contribution in [2.45, 2.75) is 18.8 Å². The van der Waals surface area contributed by atoms with Crippen molar-refractivity contribution in [3.05, 3.63) is 81.7 Å². The normalized spacial score (nSPS) is 12.1. The van der Waals surface area contributed by atoms with Gasteiger partial charge < -0.3 is 0 Å². The highest BCUT2D eigenvalue weighted by Crippen LogP contribution is 2.22. The molecular weight excluding hydrogens is 257 g/mol. The van der Waals surface area contributed by atoms with Crippen molar-refractivity contribution in [2.24, 2.45) is 0 Å². The fourth-order valence-corrected chi connectivity index (χ4v) is 2.26. The Morgan fingerprint density at radius 1 is 1.05 bits per heavy atom. The minimum Gasteiger partial charge on any atom is -0.265 e. The van der Waals surface area contributed by atoms with Gasteiger partial charge in [0.15, 0.2) is 0 Å². The molecule has 0 amide bonds. The van der Waals surface area contributed by atoms with E-state index in [4.69, 9.17) is 0 Å². The summed E-state index contributed by atoms with van der Waals surface area (Å²) in [5.41, 5.74) is 1.97. The van der Waals surface area contributed by atoms with Crippen LogP contribution in [0.2, 0.25) is 0 Å². The maximum atomic E-state index is 12.8. The molecule has 0 radical (unpaired) electrons. The second-order valence-corrected chi connectivity index (χ2v) is 4.79. The molecule has 0 fully saturated rings. The molecule has 0 aromatic heterocycles. The lowest BCUT2D eigenvalue weighted by Gasteiger charge is -2.13. The van der Waals surface area contributed by atoms with Gasteiger partial charge in [-0.15, -0.1) is 0 Å². The van der Waals surface area contributed by atoms with Crippen LogP contribution in [0.4, 0.5) is 4.39 Å². The Labute approximate surface area is 117 Å². The van der Waals surface area contributed by atoms with Crippen LogP contribution in [-0.2, 0) is 6.42 Å². The molecule has 2 rings (SSSR count). The molecule has 0 heterocycles. The third-order valence-electron chi connectivity index (χ3n) is 3.34. The minimum absolute atomic E-state index is 0.0782. The molecule has 104 valence electrons. The lowest BCUT2D eigenvalue weighted by atomic mass is 9.92. The van der Waals surface area contributed by atoms with Gasteiger partial charge in [0.2, 0.25) is 6.54 Å². The molecule has 0 spiro atoms. The van der Waals surface area contributed by atoms with Crippen molar-refractivity contribution >= 4 is 0 Å². The first kappa shape index (κ1) is 14.2. The molecule has 0 saturated carbocycles. The number of hydrogen-bond acceptors (Lipinski definition) is 2. The van der Waals surface area contributed by atoms with Crippen LogP contribution >= 0.6 is 0 Å². The summed E-state index contributed by atoms with van der Waals surface area (Å²) in [6.07, 6.45) is 1.38. The maximum Gasteiger partial charge on any atom is 0.210 e. The summed E-state index contributed by atoms with van der Waals surface area (Å²) in [6.45, 7) is -0.0782. The number of rotatable bonds is 6. The van der Waals surface area contributed by atoms with Gasteiger partial charge in [-0.3, -0.25) is 10.1 Å². The van der Waals surface area contributed by atoms with Crippen molar-refractivity contribution in [1.82, 2.24) is 0 Å². The molecule has 0 saturated heterocycles. The lowest BCUT2D eigenvalue weighted by molar-refractivity contribution is -0.483. The molecule has 4 heteroatoms. The highest BCUT2D eigenvalue weighted by Gasteiger charge is 2.17. The van der Waals surface area contributed by atoms with Crippen LogP contribution in [-0.4, -0.2) is 11.5 Å². The van der Waals surface area contributed by atoms with E-state index < -0.39 is 0 Å². The van der Waals surface area contributed by atoms with Crippen molar-refractivity contribution in [3.63, 3.8) is 0 Å². The highest BCUT2D eigenvalue weighted by molar-refractivity contribution is 5.21. The number of halogens is 1. The van der Waals surface area contributed by atoms with Gasteiger partial charge in [0.1, 0.15) is 5.82 Å². The van der Waals surface area contributed by atoms with Crippen molar-refractivity contribution in [3.8, 4) is 0 Å². The average Bonchev–Trinajstić information content (AvgIpc) is 2.46. The summed E-state index contributed by atoms with van der Waals surface area (Å²) in [4.78, 5) is 10.5. The van der Waals surface area contributed by atoms with Gasteiger partial charge in [0, 0.05) is 10.8 Å². The summed E-state index contributed by atoms with van der Waals surface area (Å²) in [5.74, 6) is -0.380. The molecule has 1 unspecified atom stereocenters. The zero-order chi connectivity index (χ0) is 14.4. The molecule has 2 aromatic carbocycles. The second kappa shape index (κ2) is 6.80. The molecule has 0 aliphatic rings. The highest BCUT2D eigenvalue weighted by atomic mass is 19.1. The average molecular weight is 273 g/mol. The first-order valence-electron chi connectivity index (χ1n) is 6.56. The van der Waals surface area contributed by atoms with E-state index in [9.17, 15) is 14.5 Å². The largest absolute Gasteiger partial charge is 0.265 e. The molecule has 2 aromatic rings. The van der Waals surface area contributed by atoms with E-state index >= 15 is 0 Å². The molecule has 0 N–H and O–H groups in total. The van der Waals surface area contributed by atoms with E-state index in [-0.39, 0.29) is 23.2 Å². The number of benzene rings is 2. The molecule has 0 bridgehead atoms. The number of hydrogen-bond donors (Lipinski definition) is 0. The van der Waals surface area contributed by atoms with Gasteiger partial charge in [0.05, 0.1) is 0 Å². The Bertz CT molecular complexity index is 554. The zero-order valence-electron chi connectivity index (χ0n) is 11.0. The van der Waals surface area contributed by atoms with Crippen molar-refractivity contribution < 1.29 is 9.31 Å². The van der Waals surface area contributed by atoms with Gasteiger partial charge in [-0.1, -0.05) is 42.5 Å². The molecular formula is C16H16FNO2. The lowest BCUT2D eigenvalue weighted by Crippen LogP contribution is -2.13. The van der Waals surface area contributed by atoms with Gasteiger partial charge in [-0.05, 0) is 36.1 Å². The standard InChI is InChI=1S/C16H16FNO2/c17-16-10-7-13(8-11-16)6-9-15(12-18(19)20)14-4-2-1-3-5-14/h1-5,7-8,10-11,15H,6,9,12H2. The van der Waals surface area contributed by atoms with Crippen LogP contribution in [0, 0.1) is 15.9 Å². The van der Waals surface area contributed by atoms with Crippen LogP contribution in [0.1, 0.15) is 23.5 Å². The first-order valence-corrected chi connectivity index (χ1v) is 6.56. The summed E-state index contributed by atoms with van der Waals surface area (Å²) >= 11 is 0. The van der Waals surface area contributed by atoms with Gasteiger partial charge in [0.25, 0.3) is 0 Å². The topological polar surface area (TPSA) is 43.1 Å². The van der Waals surface area contributed by atoms with E-state index in [1.165, 1.54) is 12.1 Å². The summed E-state index contributed by atoms with van der Waals surface area (Å²) in [6, 6.07) is 15.8. The van der Waals surface area contributed by atoms with E-state index in [2.05, 4.69) is 0 Å². The van der Waals surface area contributed by atoms with Crippen LogP contribution in [0.3, 0.4) is 0 Å². The molecule has 0 aliphatic carbocycles. The smallest absolute Gasteiger partial charge is 0.210 e. The Kier molecular flexibility index (Phi) is 4.82. The maximum absolute atomic E-state index is 12.8. The first-order chi connectivity index (χ1) is 9.65. The van der Waals surface area contributed by atoms with Gasteiger partial charge >= 0.3 is 0 Å². The Hall–Kier alpha value is -2.23. The van der Waals surface area contributed by atoms with E-state index in [0.717, 1.165) is 11.1 Å². The van der Waals surface area contributed by atoms with E-state index in [0.29, 0.717) is 12.8 Å².